The molecule has 1 aliphatic heterocycles. The lowest BCUT2D eigenvalue weighted by Gasteiger charge is -2.23. The van der Waals surface area contributed by atoms with Gasteiger partial charge >= 0.3 is 0 Å². The van der Waals surface area contributed by atoms with Gasteiger partial charge in [0.05, 0.1) is 0 Å². The zero-order chi connectivity index (χ0) is 15.5. The van der Waals surface area contributed by atoms with Gasteiger partial charge in [-0.2, -0.15) is 0 Å². The second-order valence-corrected chi connectivity index (χ2v) is 6.39. The quantitative estimate of drug-likeness (QED) is 0.810. The van der Waals surface area contributed by atoms with Crippen molar-refractivity contribution in [1.29, 1.82) is 0 Å². The van der Waals surface area contributed by atoms with Gasteiger partial charge in [-0.05, 0) is 49.8 Å². The predicted octanol–water partition coefficient (Wildman–Crippen LogP) is 3.08. The molecule has 2 aliphatic rings. The van der Waals surface area contributed by atoms with Crippen LogP contribution in [0.4, 0.5) is 5.69 Å². The molecule has 22 heavy (non-hydrogen) atoms. The summed E-state index contributed by atoms with van der Waals surface area (Å²) in [6.07, 6.45) is 4.98. The fourth-order valence-electron chi connectivity index (χ4n) is 3.07. The molecule has 2 amide bonds. The van der Waals surface area contributed by atoms with Gasteiger partial charge in [-0.15, -0.1) is 0 Å². The molecule has 1 saturated heterocycles. The smallest absolute Gasteiger partial charge is 0.253 e. The van der Waals surface area contributed by atoms with E-state index in [0.29, 0.717) is 17.9 Å². The van der Waals surface area contributed by atoms with E-state index in [1.54, 1.807) is 4.90 Å². The monoisotopic (exact) mass is 300 g/mol. The molecular formula is C18H24N2O2. The Morgan fingerprint density at radius 2 is 2.18 bits per heavy atom. The Bertz CT molecular complexity index is 566. The first-order valence-corrected chi connectivity index (χ1v) is 8.38. The van der Waals surface area contributed by atoms with Crippen LogP contribution in [0.3, 0.4) is 0 Å². The molecule has 118 valence electrons. The van der Waals surface area contributed by atoms with Crippen LogP contribution in [0.1, 0.15) is 49.4 Å². The third kappa shape index (κ3) is 3.32. The van der Waals surface area contributed by atoms with Gasteiger partial charge in [0.15, 0.2) is 0 Å². The molecule has 1 aromatic rings. The summed E-state index contributed by atoms with van der Waals surface area (Å²) in [6.45, 7) is 4.55. The lowest BCUT2D eigenvalue weighted by molar-refractivity contribution is -0.117. The predicted molar refractivity (Wildman–Crippen MR) is 86.9 cm³/mol. The van der Waals surface area contributed by atoms with Crippen LogP contribution in [0.15, 0.2) is 24.3 Å². The van der Waals surface area contributed by atoms with E-state index in [2.05, 4.69) is 6.92 Å². The summed E-state index contributed by atoms with van der Waals surface area (Å²) in [7, 11) is 0. The van der Waals surface area contributed by atoms with Gasteiger partial charge in [0.2, 0.25) is 5.91 Å². The molecule has 4 nitrogen and oxygen atoms in total. The molecule has 1 saturated carbocycles. The van der Waals surface area contributed by atoms with Gasteiger partial charge in [0.1, 0.15) is 0 Å². The van der Waals surface area contributed by atoms with Crippen molar-refractivity contribution in [2.75, 3.05) is 24.5 Å². The lowest BCUT2D eigenvalue weighted by atomic mass is 10.1. The van der Waals surface area contributed by atoms with Crippen molar-refractivity contribution < 1.29 is 9.59 Å². The van der Waals surface area contributed by atoms with Crippen molar-refractivity contribution in [1.82, 2.24) is 4.90 Å². The summed E-state index contributed by atoms with van der Waals surface area (Å²) in [5, 5.41) is 0. The Hall–Kier alpha value is -1.84. The number of hydrogen-bond acceptors (Lipinski definition) is 2. The van der Waals surface area contributed by atoms with E-state index in [9.17, 15) is 9.59 Å². The van der Waals surface area contributed by atoms with Crippen LogP contribution >= 0.6 is 0 Å². The summed E-state index contributed by atoms with van der Waals surface area (Å²) in [5.41, 5.74) is 1.56. The summed E-state index contributed by atoms with van der Waals surface area (Å²) in [4.78, 5) is 28.4. The van der Waals surface area contributed by atoms with Crippen molar-refractivity contribution in [2.24, 2.45) is 5.92 Å². The summed E-state index contributed by atoms with van der Waals surface area (Å²) in [5.74, 6) is 0.953. The molecule has 1 heterocycles. The number of carbonyl (C=O) groups is 2. The molecule has 0 bridgehead atoms. The topological polar surface area (TPSA) is 40.6 Å². The van der Waals surface area contributed by atoms with Gasteiger partial charge in [-0.3, -0.25) is 9.59 Å². The van der Waals surface area contributed by atoms with Gasteiger partial charge < -0.3 is 9.80 Å². The van der Waals surface area contributed by atoms with Crippen LogP contribution in [-0.4, -0.2) is 36.3 Å². The number of amides is 2. The maximum absolute atomic E-state index is 12.8. The summed E-state index contributed by atoms with van der Waals surface area (Å²) >= 11 is 0. The SMILES string of the molecule is CCCN(CC1CC1)C(=O)c1cccc(N2CCCC2=O)c1. The number of hydrogen-bond donors (Lipinski definition) is 0. The second kappa shape index (κ2) is 6.51. The first-order chi connectivity index (χ1) is 10.7. The van der Waals surface area contributed by atoms with Crippen LogP contribution in [0, 0.1) is 5.92 Å². The van der Waals surface area contributed by atoms with E-state index in [4.69, 9.17) is 0 Å². The molecule has 0 unspecified atom stereocenters. The Morgan fingerprint density at radius 3 is 2.82 bits per heavy atom. The highest BCUT2D eigenvalue weighted by molar-refractivity contribution is 5.99. The summed E-state index contributed by atoms with van der Waals surface area (Å²) < 4.78 is 0. The highest BCUT2D eigenvalue weighted by Gasteiger charge is 2.27. The Labute approximate surface area is 132 Å². The fourth-order valence-corrected chi connectivity index (χ4v) is 3.07. The van der Waals surface area contributed by atoms with Crippen LogP contribution in [0.5, 0.6) is 0 Å². The van der Waals surface area contributed by atoms with Crippen LogP contribution in [0.25, 0.3) is 0 Å². The minimum atomic E-state index is 0.0993. The fraction of sp³-hybridized carbons (Fsp3) is 0.556. The standard InChI is InChI=1S/C18H24N2O2/c1-2-10-19(13-14-8-9-14)18(22)15-5-3-6-16(12-15)20-11-4-7-17(20)21/h3,5-6,12,14H,2,4,7-11,13H2,1H3. The van der Waals surface area contributed by atoms with Crippen LogP contribution in [-0.2, 0) is 4.79 Å². The zero-order valence-electron chi connectivity index (χ0n) is 13.3. The average molecular weight is 300 g/mol. The van der Waals surface area contributed by atoms with Crippen molar-refractivity contribution in [3.05, 3.63) is 29.8 Å². The highest BCUT2D eigenvalue weighted by atomic mass is 16.2. The van der Waals surface area contributed by atoms with E-state index >= 15 is 0 Å². The molecule has 3 rings (SSSR count). The molecule has 0 N–H and O–H groups in total. The number of benzene rings is 1. The lowest BCUT2D eigenvalue weighted by Crippen LogP contribution is -2.34. The highest BCUT2D eigenvalue weighted by Crippen LogP contribution is 2.30. The number of rotatable bonds is 6. The zero-order valence-corrected chi connectivity index (χ0v) is 13.3. The first kappa shape index (κ1) is 15.1. The molecule has 1 aliphatic carbocycles. The minimum Gasteiger partial charge on any atom is -0.338 e. The van der Waals surface area contributed by atoms with E-state index in [1.807, 2.05) is 29.2 Å². The van der Waals surface area contributed by atoms with Crippen LogP contribution < -0.4 is 4.90 Å². The maximum atomic E-state index is 12.8. The molecular weight excluding hydrogens is 276 g/mol. The van der Waals surface area contributed by atoms with E-state index in [1.165, 1.54) is 12.8 Å². The Morgan fingerprint density at radius 1 is 1.36 bits per heavy atom. The average Bonchev–Trinajstić information content (AvgIpc) is 3.25. The molecule has 0 aromatic heterocycles. The van der Waals surface area contributed by atoms with Crippen molar-refractivity contribution >= 4 is 17.5 Å². The molecule has 1 aromatic carbocycles. The number of nitrogens with zero attached hydrogens (tertiary/aromatic N) is 2. The van der Waals surface area contributed by atoms with Gasteiger partial charge in [0, 0.05) is 37.3 Å². The first-order valence-electron chi connectivity index (χ1n) is 8.38. The minimum absolute atomic E-state index is 0.0993. The van der Waals surface area contributed by atoms with Gasteiger partial charge in [-0.25, -0.2) is 0 Å². The van der Waals surface area contributed by atoms with E-state index < -0.39 is 0 Å². The number of anilines is 1. The van der Waals surface area contributed by atoms with Crippen molar-refractivity contribution in [3.63, 3.8) is 0 Å². The Balaban J connectivity index is 1.77. The number of carbonyl (C=O) groups excluding carboxylic acids is 2. The van der Waals surface area contributed by atoms with E-state index in [-0.39, 0.29) is 11.8 Å². The van der Waals surface area contributed by atoms with Crippen LogP contribution in [0.2, 0.25) is 0 Å². The maximum Gasteiger partial charge on any atom is 0.253 e. The molecule has 0 spiro atoms. The third-order valence-electron chi connectivity index (χ3n) is 4.43. The van der Waals surface area contributed by atoms with Gasteiger partial charge in [0.25, 0.3) is 5.91 Å². The van der Waals surface area contributed by atoms with E-state index in [0.717, 1.165) is 38.2 Å². The Kier molecular flexibility index (Phi) is 4.46. The second-order valence-electron chi connectivity index (χ2n) is 6.39. The largest absolute Gasteiger partial charge is 0.338 e. The normalized spacial score (nSPS) is 17.9. The molecule has 4 heteroatoms. The molecule has 2 fully saturated rings. The van der Waals surface area contributed by atoms with Gasteiger partial charge in [-0.1, -0.05) is 13.0 Å². The molecule has 0 atom stereocenters. The van der Waals surface area contributed by atoms with Crippen molar-refractivity contribution in [2.45, 2.75) is 39.0 Å². The van der Waals surface area contributed by atoms with Crippen molar-refractivity contribution in [3.8, 4) is 0 Å². The molecule has 0 radical (unpaired) electrons. The third-order valence-corrected chi connectivity index (χ3v) is 4.43. The summed E-state index contributed by atoms with van der Waals surface area (Å²) in [6, 6.07) is 7.55.